The number of β-amino-alcohol motifs (C(OH)–C–C–N with tert-alkyl or cyclic N) is 1. The summed E-state index contributed by atoms with van der Waals surface area (Å²) in [6.07, 6.45) is -0.0252. The lowest BCUT2D eigenvalue weighted by molar-refractivity contribution is -0.123. The van der Waals surface area contributed by atoms with Crippen molar-refractivity contribution >= 4 is 41.5 Å². The van der Waals surface area contributed by atoms with Gasteiger partial charge >= 0.3 is 0 Å². The summed E-state index contributed by atoms with van der Waals surface area (Å²) in [5, 5.41) is 16.2. The molecule has 1 aromatic rings. The number of benzene rings is 1. The Labute approximate surface area is 134 Å². The maximum absolute atomic E-state index is 12.0. The van der Waals surface area contributed by atoms with Gasteiger partial charge in [0.05, 0.1) is 28.2 Å². The van der Waals surface area contributed by atoms with E-state index < -0.39 is 6.10 Å². The summed E-state index contributed by atoms with van der Waals surface area (Å²) in [6, 6.07) is 4.74. The van der Waals surface area contributed by atoms with E-state index in [1.807, 2.05) is 13.0 Å². The summed E-state index contributed by atoms with van der Waals surface area (Å²) in [6.45, 7) is 2.30. The second-order valence-corrected chi connectivity index (χ2v) is 5.51. The van der Waals surface area contributed by atoms with Crippen molar-refractivity contribution in [2.45, 2.75) is 31.5 Å². The molecule has 1 aliphatic heterocycles. The Morgan fingerprint density at radius 1 is 1.50 bits per heavy atom. The maximum Gasteiger partial charge on any atom is 0.237 e. The minimum atomic E-state index is -0.458. The van der Waals surface area contributed by atoms with Crippen LogP contribution in [0.1, 0.15) is 24.9 Å². The Morgan fingerprint density at radius 3 is 2.80 bits per heavy atom. The third-order valence-corrected chi connectivity index (χ3v) is 4.06. The van der Waals surface area contributed by atoms with Gasteiger partial charge < -0.3 is 15.7 Å². The third kappa shape index (κ3) is 3.99. The number of halogens is 3. The lowest BCUT2D eigenvalue weighted by atomic mass is 10.1. The molecule has 0 aromatic heterocycles. The molecule has 1 aromatic carbocycles. The molecule has 0 radical (unpaired) electrons. The van der Waals surface area contributed by atoms with Crippen LogP contribution in [-0.4, -0.2) is 29.7 Å². The van der Waals surface area contributed by atoms with Gasteiger partial charge in [-0.05, 0) is 25.0 Å². The summed E-state index contributed by atoms with van der Waals surface area (Å²) in [5.41, 5.74) is 0.779. The zero-order chi connectivity index (χ0) is 14.0. The predicted octanol–water partition coefficient (Wildman–Crippen LogP) is 2.32. The first-order valence-corrected chi connectivity index (χ1v) is 6.90. The first-order valence-electron chi connectivity index (χ1n) is 6.14. The molecule has 112 valence electrons. The fraction of sp³-hybridized carbons (Fsp3) is 0.462. The molecule has 1 fully saturated rings. The molecule has 1 heterocycles. The minimum absolute atomic E-state index is 0. The number of aliphatic hydroxyl groups is 1. The molecule has 3 unspecified atom stereocenters. The maximum atomic E-state index is 12.0. The Morgan fingerprint density at radius 2 is 2.20 bits per heavy atom. The first kappa shape index (κ1) is 17.5. The van der Waals surface area contributed by atoms with Crippen LogP contribution in [0.2, 0.25) is 10.0 Å². The molecule has 0 spiro atoms. The summed E-state index contributed by atoms with van der Waals surface area (Å²) < 4.78 is 0. The molecule has 1 amide bonds. The van der Waals surface area contributed by atoms with E-state index in [4.69, 9.17) is 23.2 Å². The molecule has 0 aliphatic carbocycles. The Balaban J connectivity index is 0.00000200. The number of amides is 1. The van der Waals surface area contributed by atoms with Crippen molar-refractivity contribution in [2.75, 3.05) is 6.54 Å². The van der Waals surface area contributed by atoms with Crippen LogP contribution in [0.5, 0.6) is 0 Å². The average molecular weight is 340 g/mol. The molecular formula is C13H17Cl3N2O2. The summed E-state index contributed by atoms with van der Waals surface area (Å²) in [5.74, 6) is -0.139. The van der Waals surface area contributed by atoms with E-state index >= 15 is 0 Å². The Bertz CT molecular complexity index is 485. The molecule has 1 saturated heterocycles. The van der Waals surface area contributed by atoms with Crippen LogP contribution in [0, 0.1) is 0 Å². The van der Waals surface area contributed by atoms with E-state index in [-0.39, 0.29) is 30.4 Å². The first-order chi connectivity index (χ1) is 8.99. The van der Waals surface area contributed by atoms with E-state index in [0.29, 0.717) is 23.0 Å². The third-order valence-electron chi connectivity index (χ3n) is 3.23. The normalized spacial score (nSPS) is 23.0. The summed E-state index contributed by atoms with van der Waals surface area (Å²) in [7, 11) is 0. The van der Waals surface area contributed by atoms with Crippen LogP contribution in [0.4, 0.5) is 0 Å². The molecular weight excluding hydrogens is 323 g/mol. The molecule has 20 heavy (non-hydrogen) atoms. The highest BCUT2D eigenvalue weighted by atomic mass is 35.5. The van der Waals surface area contributed by atoms with Gasteiger partial charge in [-0.1, -0.05) is 35.3 Å². The van der Waals surface area contributed by atoms with Gasteiger partial charge in [0.2, 0.25) is 5.91 Å². The highest BCUT2D eigenvalue weighted by Crippen LogP contribution is 2.29. The Hall–Kier alpha value is -0.520. The van der Waals surface area contributed by atoms with Crippen LogP contribution in [-0.2, 0) is 4.79 Å². The SMILES string of the molecule is CC(NC(=O)C1CC(O)CN1)c1cccc(Cl)c1Cl.Cl. The molecule has 1 aliphatic rings. The Kier molecular flexibility index (Phi) is 6.55. The smallest absolute Gasteiger partial charge is 0.237 e. The van der Waals surface area contributed by atoms with E-state index in [1.165, 1.54) is 0 Å². The van der Waals surface area contributed by atoms with E-state index in [2.05, 4.69) is 10.6 Å². The topological polar surface area (TPSA) is 61.4 Å². The van der Waals surface area contributed by atoms with Gasteiger partial charge in [0.1, 0.15) is 0 Å². The number of carbonyl (C=O) groups excluding carboxylic acids is 1. The van der Waals surface area contributed by atoms with E-state index in [1.54, 1.807) is 12.1 Å². The van der Waals surface area contributed by atoms with Crippen LogP contribution in [0.15, 0.2) is 18.2 Å². The quantitative estimate of drug-likeness (QED) is 0.792. The standard InChI is InChI=1S/C13H16Cl2N2O2.ClH/c1-7(9-3-2-4-10(14)12(9)15)17-13(19)11-5-8(18)6-16-11;/h2-4,7-8,11,16,18H,5-6H2,1H3,(H,17,19);1H. The fourth-order valence-electron chi connectivity index (χ4n) is 2.16. The summed E-state index contributed by atoms with van der Waals surface area (Å²) in [4.78, 5) is 12.0. The highest BCUT2D eigenvalue weighted by molar-refractivity contribution is 6.42. The number of nitrogens with one attached hydrogen (secondary N) is 2. The second-order valence-electron chi connectivity index (χ2n) is 4.72. The highest BCUT2D eigenvalue weighted by Gasteiger charge is 2.29. The van der Waals surface area contributed by atoms with Gasteiger partial charge in [-0.25, -0.2) is 0 Å². The number of carbonyl (C=O) groups is 1. The van der Waals surface area contributed by atoms with E-state index in [0.717, 1.165) is 5.56 Å². The van der Waals surface area contributed by atoms with Crippen molar-refractivity contribution in [3.05, 3.63) is 33.8 Å². The average Bonchev–Trinajstić information content (AvgIpc) is 2.79. The van der Waals surface area contributed by atoms with Crippen molar-refractivity contribution < 1.29 is 9.90 Å². The number of aliphatic hydroxyl groups excluding tert-OH is 1. The van der Waals surface area contributed by atoms with Crippen LogP contribution in [0.3, 0.4) is 0 Å². The molecule has 3 atom stereocenters. The number of hydrogen-bond acceptors (Lipinski definition) is 3. The van der Waals surface area contributed by atoms with Crippen LogP contribution < -0.4 is 10.6 Å². The minimum Gasteiger partial charge on any atom is -0.392 e. The molecule has 7 heteroatoms. The van der Waals surface area contributed by atoms with Crippen molar-refractivity contribution in [1.82, 2.24) is 10.6 Å². The number of hydrogen-bond donors (Lipinski definition) is 3. The fourth-order valence-corrected chi connectivity index (χ4v) is 2.63. The molecule has 2 rings (SSSR count). The van der Waals surface area contributed by atoms with Gasteiger partial charge in [0.25, 0.3) is 0 Å². The monoisotopic (exact) mass is 338 g/mol. The predicted molar refractivity (Wildman–Crippen MR) is 82.7 cm³/mol. The van der Waals surface area contributed by atoms with Crippen molar-refractivity contribution in [3.63, 3.8) is 0 Å². The van der Waals surface area contributed by atoms with Gasteiger partial charge in [-0.15, -0.1) is 12.4 Å². The zero-order valence-electron chi connectivity index (χ0n) is 10.9. The van der Waals surface area contributed by atoms with E-state index in [9.17, 15) is 9.90 Å². The largest absolute Gasteiger partial charge is 0.392 e. The van der Waals surface area contributed by atoms with Crippen LogP contribution in [0.25, 0.3) is 0 Å². The zero-order valence-corrected chi connectivity index (χ0v) is 13.2. The lowest BCUT2D eigenvalue weighted by Crippen LogP contribution is -2.41. The van der Waals surface area contributed by atoms with Gasteiger partial charge in [0.15, 0.2) is 0 Å². The second kappa shape index (κ2) is 7.48. The van der Waals surface area contributed by atoms with Crippen molar-refractivity contribution in [2.24, 2.45) is 0 Å². The summed E-state index contributed by atoms with van der Waals surface area (Å²) >= 11 is 12.1. The van der Waals surface area contributed by atoms with Gasteiger partial charge in [-0.2, -0.15) is 0 Å². The van der Waals surface area contributed by atoms with Gasteiger partial charge in [-0.3, -0.25) is 4.79 Å². The lowest BCUT2D eigenvalue weighted by Gasteiger charge is -2.19. The molecule has 4 nitrogen and oxygen atoms in total. The molecule has 3 N–H and O–H groups in total. The van der Waals surface area contributed by atoms with Crippen molar-refractivity contribution in [3.8, 4) is 0 Å². The van der Waals surface area contributed by atoms with Gasteiger partial charge in [0, 0.05) is 6.54 Å². The van der Waals surface area contributed by atoms with Crippen molar-refractivity contribution in [1.29, 1.82) is 0 Å². The molecule has 0 bridgehead atoms. The number of rotatable bonds is 3. The molecule has 0 saturated carbocycles. The van der Waals surface area contributed by atoms with Crippen LogP contribution >= 0.6 is 35.6 Å².